The Bertz CT molecular complexity index is 423. The van der Waals surface area contributed by atoms with E-state index >= 15 is 0 Å². The van der Waals surface area contributed by atoms with Gasteiger partial charge in [0.2, 0.25) is 5.91 Å². The van der Waals surface area contributed by atoms with Crippen molar-refractivity contribution in [1.29, 1.82) is 0 Å². The molecule has 0 atom stereocenters. The molecule has 0 aliphatic heterocycles. The highest BCUT2D eigenvalue weighted by Gasteiger charge is 2.26. The van der Waals surface area contributed by atoms with E-state index in [1.807, 2.05) is 0 Å². The number of hydrogen-bond acceptors (Lipinski definition) is 4. The predicted molar refractivity (Wildman–Crippen MR) is 61.9 cm³/mol. The van der Waals surface area contributed by atoms with E-state index in [0.717, 1.165) is 0 Å². The maximum atomic E-state index is 11.6. The normalized spacial score (nSPS) is 11.2. The summed E-state index contributed by atoms with van der Waals surface area (Å²) in [5.74, 6) is -0.158. The van der Waals surface area contributed by atoms with E-state index in [1.165, 1.54) is 6.07 Å². The van der Waals surface area contributed by atoms with Crippen molar-refractivity contribution in [1.82, 2.24) is 5.32 Å². The lowest BCUT2D eigenvalue weighted by molar-refractivity contribution is -0.125. The van der Waals surface area contributed by atoms with Crippen LogP contribution in [0.15, 0.2) is 16.5 Å². The van der Waals surface area contributed by atoms with Crippen molar-refractivity contribution in [2.75, 3.05) is 6.54 Å². The third-order valence-corrected chi connectivity index (χ3v) is 2.44. The van der Waals surface area contributed by atoms with Gasteiger partial charge in [-0.15, -0.1) is 0 Å². The van der Waals surface area contributed by atoms with E-state index in [9.17, 15) is 9.59 Å². The first-order chi connectivity index (χ1) is 7.86. The molecule has 0 radical (unpaired) electrons. The molecule has 1 rings (SSSR count). The van der Waals surface area contributed by atoms with Crippen LogP contribution in [0.1, 0.15) is 30.2 Å². The van der Waals surface area contributed by atoms with Gasteiger partial charge < -0.3 is 21.2 Å². The second kappa shape index (κ2) is 5.01. The highest BCUT2D eigenvalue weighted by atomic mass is 16.4. The van der Waals surface area contributed by atoms with Gasteiger partial charge in [0.05, 0.1) is 12.0 Å². The first kappa shape index (κ1) is 13.2. The molecule has 0 saturated heterocycles. The molecule has 94 valence electrons. The highest BCUT2D eigenvalue weighted by molar-refractivity contribution is 5.92. The van der Waals surface area contributed by atoms with Crippen LogP contribution < -0.4 is 16.8 Å². The van der Waals surface area contributed by atoms with Crippen LogP contribution in [0.3, 0.4) is 0 Å². The fraction of sp³-hybridized carbons (Fsp3) is 0.455. The van der Waals surface area contributed by atoms with Crippen LogP contribution in [0.5, 0.6) is 0 Å². The molecule has 0 aliphatic rings. The number of amides is 2. The third kappa shape index (κ3) is 3.32. The fourth-order valence-corrected chi connectivity index (χ4v) is 1.09. The molecule has 1 heterocycles. The van der Waals surface area contributed by atoms with E-state index in [1.54, 1.807) is 19.9 Å². The standard InChI is InChI=1S/C11H17N3O3/c1-11(2,10(13)16)6-14-9(15)8-4-3-7(5-12)17-8/h3-4H,5-6,12H2,1-2H3,(H2,13,16)(H,14,15). The summed E-state index contributed by atoms with van der Waals surface area (Å²) in [4.78, 5) is 22.7. The Balaban J connectivity index is 2.58. The Morgan fingerprint density at radius 1 is 1.41 bits per heavy atom. The van der Waals surface area contributed by atoms with Crippen LogP contribution in [0.2, 0.25) is 0 Å². The van der Waals surface area contributed by atoms with Gasteiger partial charge in [-0.3, -0.25) is 9.59 Å². The van der Waals surface area contributed by atoms with Gasteiger partial charge in [-0.25, -0.2) is 0 Å². The Morgan fingerprint density at radius 3 is 2.53 bits per heavy atom. The molecule has 0 saturated carbocycles. The highest BCUT2D eigenvalue weighted by Crippen LogP contribution is 2.13. The number of nitrogens with two attached hydrogens (primary N) is 2. The van der Waals surface area contributed by atoms with Crippen LogP contribution in [0, 0.1) is 5.41 Å². The molecule has 0 aliphatic carbocycles. The lowest BCUT2D eigenvalue weighted by Crippen LogP contribution is -2.42. The molecule has 0 spiro atoms. The molecule has 1 aromatic heterocycles. The number of carbonyl (C=O) groups is 2. The Labute approximate surface area is 99.3 Å². The first-order valence-electron chi connectivity index (χ1n) is 5.23. The molecule has 6 nitrogen and oxygen atoms in total. The molecule has 17 heavy (non-hydrogen) atoms. The molecule has 0 fully saturated rings. The van der Waals surface area contributed by atoms with E-state index in [2.05, 4.69) is 5.32 Å². The van der Waals surface area contributed by atoms with Crippen molar-refractivity contribution in [3.63, 3.8) is 0 Å². The smallest absolute Gasteiger partial charge is 0.287 e. The summed E-state index contributed by atoms with van der Waals surface area (Å²) in [7, 11) is 0. The van der Waals surface area contributed by atoms with E-state index in [4.69, 9.17) is 15.9 Å². The van der Waals surface area contributed by atoms with Crippen LogP contribution >= 0.6 is 0 Å². The topological polar surface area (TPSA) is 111 Å². The molecule has 0 aromatic carbocycles. The Morgan fingerprint density at radius 2 is 2.06 bits per heavy atom. The lowest BCUT2D eigenvalue weighted by Gasteiger charge is -2.20. The number of carbonyl (C=O) groups excluding carboxylic acids is 2. The van der Waals surface area contributed by atoms with E-state index in [-0.39, 0.29) is 24.8 Å². The number of rotatable bonds is 5. The molecule has 0 bridgehead atoms. The second-order valence-corrected chi connectivity index (χ2v) is 4.40. The van der Waals surface area contributed by atoms with Gasteiger partial charge in [-0.1, -0.05) is 0 Å². The number of furan rings is 1. The van der Waals surface area contributed by atoms with Crippen LogP contribution in [0.4, 0.5) is 0 Å². The fourth-order valence-electron chi connectivity index (χ4n) is 1.09. The summed E-state index contributed by atoms with van der Waals surface area (Å²) in [6.45, 7) is 3.70. The summed E-state index contributed by atoms with van der Waals surface area (Å²) in [5.41, 5.74) is 9.76. The van der Waals surface area contributed by atoms with Crippen LogP contribution in [0.25, 0.3) is 0 Å². The molecule has 6 heteroatoms. The van der Waals surface area contributed by atoms with Gasteiger partial charge >= 0.3 is 0 Å². The van der Waals surface area contributed by atoms with Crippen molar-refractivity contribution >= 4 is 11.8 Å². The Hall–Kier alpha value is -1.82. The zero-order valence-corrected chi connectivity index (χ0v) is 9.95. The quantitative estimate of drug-likeness (QED) is 0.670. The average Bonchev–Trinajstić information content (AvgIpc) is 2.74. The number of nitrogens with one attached hydrogen (secondary N) is 1. The monoisotopic (exact) mass is 239 g/mol. The molecule has 5 N–H and O–H groups in total. The Kier molecular flexibility index (Phi) is 3.90. The van der Waals surface area contributed by atoms with E-state index < -0.39 is 11.3 Å². The van der Waals surface area contributed by atoms with Gasteiger partial charge in [-0.05, 0) is 26.0 Å². The van der Waals surface area contributed by atoms with Gasteiger partial charge in [0.1, 0.15) is 5.76 Å². The van der Waals surface area contributed by atoms with Crippen LogP contribution in [-0.4, -0.2) is 18.4 Å². The second-order valence-electron chi connectivity index (χ2n) is 4.40. The van der Waals surface area contributed by atoms with Gasteiger partial charge in [-0.2, -0.15) is 0 Å². The average molecular weight is 239 g/mol. The zero-order valence-electron chi connectivity index (χ0n) is 9.95. The minimum Gasteiger partial charge on any atom is -0.455 e. The lowest BCUT2D eigenvalue weighted by atomic mass is 9.93. The third-order valence-electron chi connectivity index (χ3n) is 2.44. The minimum atomic E-state index is -0.793. The maximum Gasteiger partial charge on any atom is 0.287 e. The SMILES string of the molecule is CC(C)(CNC(=O)c1ccc(CN)o1)C(N)=O. The molecular weight excluding hydrogens is 222 g/mol. The van der Waals surface area contributed by atoms with Crippen molar-refractivity contribution < 1.29 is 14.0 Å². The summed E-state index contributed by atoms with van der Waals surface area (Å²) in [6.07, 6.45) is 0. The largest absolute Gasteiger partial charge is 0.455 e. The summed E-state index contributed by atoms with van der Waals surface area (Å²) in [6, 6.07) is 3.17. The van der Waals surface area contributed by atoms with Gasteiger partial charge in [0, 0.05) is 6.54 Å². The zero-order chi connectivity index (χ0) is 13.1. The van der Waals surface area contributed by atoms with E-state index in [0.29, 0.717) is 5.76 Å². The van der Waals surface area contributed by atoms with Crippen molar-refractivity contribution in [3.05, 3.63) is 23.7 Å². The first-order valence-corrected chi connectivity index (χ1v) is 5.23. The van der Waals surface area contributed by atoms with Crippen molar-refractivity contribution in [3.8, 4) is 0 Å². The summed E-state index contributed by atoms with van der Waals surface area (Å²) in [5, 5.41) is 2.58. The molecule has 0 unspecified atom stereocenters. The summed E-state index contributed by atoms with van der Waals surface area (Å²) >= 11 is 0. The predicted octanol–water partition coefficient (Wildman–Crippen LogP) is -0.0204. The van der Waals surface area contributed by atoms with Gasteiger partial charge in [0.15, 0.2) is 5.76 Å². The van der Waals surface area contributed by atoms with Crippen molar-refractivity contribution in [2.24, 2.45) is 16.9 Å². The molecule has 2 amide bonds. The summed E-state index contributed by atoms with van der Waals surface area (Å²) < 4.78 is 5.17. The number of hydrogen-bond donors (Lipinski definition) is 3. The minimum absolute atomic E-state index is 0.153. The van der Waals surface area contributed by atoms with Crippen molar-refractivity contribution in [2.45, 2.75) is 20.4 Å². The van der Waals surface area contributed by atoms with Crippen LogP contribution in [-0.2, 0) is 11.3 Å². The molecule has 1 aromatic rings. The molecular formula is C11H17N3O3. The van der Waals surface area contributed by atoms with Gasteiger partial charge in [0.25, 0.3) is 5.91 Å². The number of primary amides is 1. The maximum absolute atomic E-state index is 11.6.